The van der Waals surface area contributed by atoms with E-state index in [2.05, 4.69) is 5.32 Å². The van der Waals surface area contributed by atoms with E-state index in [1.807, 2.05) is 39.0 Å². The Hall–Kier alpha value is -2.71. The van der Waals surface area contributed by atoms with Gasteiger partial charge in [0.2, 0.25) is 10.0 Å². The van der Waals surface area contributed by atoms with Gasteiger partial charge < -0.3 is 10.1 Å². The van der Waals surface area contributed by atoms with Crippen LogP contribution in [-0.4, -0.2) is 43.8 Å². The van der Waals surface area contributed by atoms with Crippen LogP contribution < -0.4 is 5.32 Å². The molecule has 0 aliphatic carbocycles. The SMILES string of the molecule is CCc1cccc(CC)c1NC(=O)COC(=O)[C@@H]1CCCN1S(=O)(=O)c1ccc(C)cc1. The van der Waals surface area contributed by atoms with Gasteiger partial charge >= 0.3 is 5.97 Å². The fourth-order valence-corrected chi connectivity index (χ4v) is 5.57. The van der Waals surface area contributed by atoms with E-state index in [0.717, 1.165) is 35.2 Å². The number of rotatable bonds is 8. The molecule has 1 saturated heterocycles. The van der Waals surface area contributed by atoms with Crippen LogP contribution in [0.5, 0.6) is 0 Å². The molecule has 0 aromatic heterocycles. The van der Waals surface area contributed by atoms with Gasteiger partial charge in [0.05, 0.1) is 4.90 Å². The lowest BCUT2D eigenvalue weighted by Gasteiger charge is -2.23. The predicted octanol–water partition coefficient (Wildman–Crippen LogP) is 3.45. The van der Waals surface area contributed by atoms with Crippen molar-refractivity contribution in [2.75, 3.05) is 18.5 Å². The number of nitrogens with zero attached hydrogens (tertiary/aromatic N) is 1. The molecule has 2 aromatic rings. The number of hydrogen-bond acceptors (Lipinski definition) is 5. The smallest absolute Gasteiger partial charge is 0.324 e. The van der Waals surface area contributed by atoms with Gasteiger partial charge in [0.15, 0.2) is 6.61 Å². The van der Waals surface area contributed by atoms with E-state index in [0.29, 0.717) is 12.8 Å². The maximum Gasteiger partial charge on any atom is 0.324 e. The highest BCUT2D eigenvalue weighted by atomic mass is 32.2. The van der Waals surface area contributed by atoms with Crippen molar-refractivity contribution < 1.29 is 22.7 Å². The number of ether oxygens (including phenoxy) is 1. The molecule has 3 rings (SSSR count). The number of anilines is 1. The number of amides is 1. The molecule has 8 heteroatoms. The van der Waals surface area contributed by atoms with E-state index in [9.17, 15) is 18.0 Å². The molecule has 0 radical (unpaired) electrons. The van der Waals surface area contributed by atoms with Crippen molar-refractivity contribution >= 4 is 27.6 Å². The fraction of sp³-hybridized carbons (Fsp3) is 0.417. The highest BCUT2D eigenvalue weighted by molar-refractivity contribution is 7.89. The van der Waals surface area contributed by atoms with E-state index < -0.39 is 34.5 Å². The van der Waals surface area contributed by atoms with Crippen LogP contribution in [0.2, 0.25) is 0 Å². The Bertz CT molecular complexity index is 1060. The third-order valence-electron chi connectivity index (χ3n) is 5.71. The highest BCUT2D eigenvalue weighted by Crippen LogP contribution is 2.27. The number of esters is 1. The summed E-state index contributed by atoms with van der Waals surface area (Å²) in [6.07, 6.45) is 2.44. The van der Waals surface area contributed by atoms with Crippen molar-refractivity contribution in [1.82, 2.24) is 4.31 Å². The van der Waals surface area contributed by atoms with Crippen molar-refractivity contribution in [3.05, 3.63) is 59.2 Å². The van der Waals surface area contributed by atoms with E-state index in [1.165, 1.54) is 16.4 Å². The number of benzene rings is 2. The molecule has 1 aliphatic rings. The van der Waals surface area contributed by atoms with Gasteiger partial charge in [-0.2, -0.15) is 4.31 Å². The number of hydrogen-bond donors (Lipinski definition) is 1. The standard InChI is InChI=1S/C24H30N2O5S/c1-4-18-8-6-9-19(5-2)23(18)25-22(27)16-31-24(28)21-10-7-15-26(21)32(29,30)20-13-11-17(3)12-14-20/h6,8-9,11-14,21H,4-5,7,10,15-16H2,1-3H3,(H,25,27)/t21-/m0/s1. The topological polar surface area (TPSA) is 92.8 Å². The average Bonchev–Trinajstić information content (AvgIpc) is 3.29. The molecular formula is C24H30N2O5S. The van der Waals surface area contributed by atoms with Gasteiger partial charge in [0.1, 0.15) is 6.04 Å². The Morgan fingerprint density at radius 2 is 1.69 bits per heavy atom. The molecule has 1 aliphatic heterocycles. The lowest BCUT2D eigenvalue weighted by atomic mass is 10.0. The number of aryl methyl sites for hydroxylation is 3. The zero-order valence-electron chi connectivity index (χ0n) is 18.8. The van der Waals surface area contributed by atoms with E-state index in [-0.39, 0.29) is 11.4 Å². The zero-order valence-corrected chi connectivity index (χ0v) is 19.6. The minimum absolute atomic E-state index is 0.142. The average molecular weight is 459 g/mol. The molecule has 1 heterocycles. The first-order valence-corrected chi connectivity index (χ1v) is 12.4. The summed E-state index contributed by atoms with van der Waals surface area (Å²) in [6, 6.07) is 11.4. The van der Waals surface area contributed by atoms with Gasteiger partial charge in [-0.3, -0.25) is 9.59 Å². The van der Waals surface area contributed by atoms with Gasteiger partial charge in [-0.1, -0.05) is 49.7 Å². The van der Waals surface area contributed by atoms with Crippen molar-refractivity contribution in [2.24, 2.45) is 0 Å². The molecule has 2 aromatic carbocycles. The summed E-state index contributed by atoms with van der Waals surface area (Å²) in [5.74, 6) is -1.15. The first kappa shape index (κ1) is 23.9. The molecule has 1 N–H and O–H groups in total. The molecule has 0 saturated carbocycles. The summed E-state index contributed by atoms with van der Waals surface area (Å²) >= 11 is 0. The van der Waals surface area contributed by atoms with Crippen LogP contribution >= 0.6 is 0 Å². The number of nitrogens with one attached hydrogen (secondary N) is 1. The van der Waals surface area contributed by atoms with Crippen LogP contribution in [-0.2, 0) is 37.2 Å². The molecule has 0 unspecified atom stereocenters. The minimum atomic E-state index is -3.82. The fourth-order valence-electron chi connectivity index (χ4n) is 3.92. The van der Waals surface area contributed by atoms with E-state index in [1.54, 1.807) is 12.1 Å². The van der Waals surface area contributed by atoms with Gasteiger partial charge in [-0.05, 0) is 55.9 Å². The summed E-state index contributed by atoms with van der Waals surface area (Å²) in [7, 11) is -3.82. The summed E-state index contributed by atoms with van der Waals surface area (Å²) in [5, 5.41) is 2.85. The van der Waals surface area contributed by atoms with Crippen molar-refractivity contribution in [1.29, 1.82) is 0 Å². The largest absolute Gasteiger partial charge is 0.454 e. The Kier molecular flexibility index (Phi) is 7.69. The Balaban J connectivity index is 1.66. The van der Waals surface area contributed by atoms with Crippen LogP contribution in [0.25, 0.3) is 0 Å². The molecule has 172 valence electrons. The Morgan fingerprint density at radius 3 is 2.28 bits per heavy atom. The van der Waals surface area contributed by atoms with Gasteiger partial charge in [-0.15, -0.1) is 0 Å². The van der Waals surface area contributed by atoms with E-state index in [4.69, 9.17) is 4.74 Å². The summed E-state index contributed by atoms with van der Waals surface area (Å²) < 4.78 is 32.5. The second kappa shape index (κ2) is 10.3. The van der Waals surface area contributed by atoms with Crippen LogP contribution in [0.3, 0.4) is 0 Å². The first-order valence-electron chi connectivity index (χ1n) is 10.9. The summed E-state index contributed by atoms with van der Waals surface area (Å²) in [6.45, 7) is 5.67. The number of carbonyl (C=O) groups excluding carboxylic acids is 2. The molecule has 0 bridgehead atoms. The normalized spacial score (nSPS) is 16.7. The highest BCUT2D eigenvalue weighted by Gasteiger charge is 2.40. The van der Waals surface area contributed by atoms with Crippen LogP contribution in [0.15, 0.2) is 47.4 Å². The molecule has 32 heavy (non-hydrogen) atoms. The number of sulfonamides is 1. The van der Waals surface area contributed by atoms with Crippen molar-refractivity contribution in [3.8, 4) is 0 Å². The van der Waals surface area contributed by atoms with Crippen molar-refractivity contribution in [3.63, 3.8) is 0 Å². The lowest BCUT2D eigenvalue weighted by Crippen LogP contribution is -2.42. The van der Waals surface area contributed by atoms with Gasteiger partial charge in [-0.25, -0.2) is 8.42 Å². The second-order valence-electron chi connectivity index (χ2n) is 7.90. The maximum atomic E-state index is 13.0. The van der Waals surface area contributed by atoms with Crippen LogP contribution in [0.4, 0.5) is 5.69 Å². The van der Waals surface area contributed by atoms with Gasteiger partial charge in [0.25, 0.3) is 5.91 Å². The zero-order chi connectivity index (χ0) is 23.3. The van der Waals surface area contributed by atoms with Crippen LogP contribution in [0, 0.1) is 6.92 Å². The quantitative estimate of drug-likeness (QED) is 0.612. The third kappa shape index (κ3) is 5.19. The Labute approximate surface area is 189 Å². The Morgan fingerprint density at radius 1 is 1.06 bits per heavy atom. The molecule has 1 atom stereocenters. The molecule has 0 spiro atoms. The summed E-state index contributed by atoms with van der Waals surface area (Å²) in [4.78, 5) is 25.3. The number of carbonyl (C=O) groups is 2. The van der Waals surface area contributed by atoms with Crippen LogP contribution in [0.1, 0.15) is 43.4 Å². The molecular weight excluding hydrogens is 428 g/mol. The maximum absolute atomic E-state index is 13.0. The monoisotopic (exact) mass is 458 g/mol. The third-order valence-corrected chi connectivity index (χ3v) is 7.63. The van der Waals surface area contributed by atoms with Crippen molar-refractivity contribution in [2.45, 2.75) is 57.4 Å². The lowest BCUT2D eigenvalue weighted by molar-refractivity contribution is -0.150. The minimum Gasteiger partial charge on any atom is -0.454 e. The molecule has 7 nitrogen and oxygen atoms in total. The summed E-state index contributed by atoms with van der Waals surface area (Å²) in [5.41, 5.74) is 3.72. The van der Waals surface area contributed by atoms with Gasteiger partial charge in [0, 0.05) is 12.2 Å². The second-order valence-corrected chi connectivity index (χ2v) is 9.79. The van der Waals surface area contributed by atoms with E-state index >= 15 is 0 Å². The molecule has 1 amide bonds. The number of para-hydroxylation sites is 1. The predicted molar refractivity (Wildman–Crippen MR) is 123 cm³/mol. The first-order chi connectivity index (χ1) is 15.3. The molecule has 1 fully saturated rings.